The molecule has 1 aliphatic rings. The van der Waals surface area contributed by atoms with E-state index < -0.39 is 27.7 Å². The summed E-state index contributed by atoms with van der Waals surface area (Å²) >= 11 is 0. The maximum absolute atomic E-state index is 12.7. The van der Waals surface area contributed by atoms with Gasteiger partial charge in [-0.05, 0) is 30.3 Å². The first-order chi connectivity index (χ1) is 12.2. The summed E-state index contributed by atoms with van der Waals surface area (Å²) in [7, 11) is -3.82. The number of alkyl halides is 3. The normalized spacial score (nSPS) is 15.4. The number of nitrogens with one attached hydrogen (secondary N) is 1. The molecule has 26 heavy (non-hydrogen) atoms. The van der Waals surface area contributed by atoms with Crippen molar-refractivity contribution in [1.29, 1.82) is 0 Å². The molecule has 1 aliphatic heterocycles. The summed E-state index contributed by atoms with van der Waals surface area (Å²) in [5.41, 5.74) is -0.632. The summed E-state index contributed by atoms with van der Waals surface area (Å²) in [6.07, 6.45) is -3.52. The Morgan fingerprint density at radius 2 is 1.85 bits per heavy atom. The summed E-state index contributed by atoms with van der Waals surface area (Å²) in [6, 6.07) is 10.2. The highest BCUT2D eigenvalue weighted by molar-refractivity contribution is 7.90. The zero-order valence-electron chi connectivity index (χ0n) is 13.1. The molecule has 0 unspecified atom stereocenters. The van der Waals surface area contributed by atoms with Gasteiger partial charge in [0, 0.05) is 5.69 Å². The van der Waals surface area contributed by atoms with Crippen LogP contribution < -0.4 is 10.2 Å². The van der Waals surface area contributed by atoms with Crippen LogP contribution in [0.2, 0.25) is 0 Å². The van der Waals surface area contributed by atoms with E-state index in [2.05, 4.69) is 9.71 Å². The molecule has 1 heterocycles. The van der Waals surface area contributed by atoms with Gasteiger partial charge in [0.1, 0.15) is 17.8 Å². The molecule has 6 nitrogen and oxygen atoms in total. The van der Waals surface area contributed by atoms with E-state index >= 15 is 0 Å². The van der Waals surface area contributed by atoms with E-state index in [1.165, 1.54) is 35.2 Å². The van der Waals surface area contributed by atoms with Gasteiger partial charge in [-0.3, -0.25) is 4.79 Å². The third kappa shape index (κ3) is 3.69. The van der Waals surface area contributed by atoms with Gasteiger partial charge in [-0.2, -0.15) is 21.6 Å². The van der Waals surface area contributed by atoms with Crippen LogP contribution in [0.1, 0.15) is 5.56 Å². The van der Waals surface area contributed by atoms with Crippen LogP contribution >= 0.6 is 0 Å². The number of carbonyl (C=O) groups excluding carboxylic acids is 1. The Kier molecular flexibility index (Phi) is 4.45. The molecule has 2 aromatic carbocycles. The predicted molar refractivity (Wildman–Crippen MR) is 89.5 cm³/mol. The summed E-state index contributed by atoms with van der Waals surface area (Å²) in [5.74, 6) is -0.620. The Balaban J connectivity index is 1.78. The first-order valence-electron chi connectivity index (χ1n) is 7.30. The molecule has 0 saturated heterocycles. The van der Waals surface area contributed by atoms with Crippen LogP contribution in [0.15, 0.2) is 57.8 Å². The number of anilines is 2. The SMILES string of the molecule is O=C(CN1C=NS(=O)(=O)c2ccccc21)Nc1cccc(C(F)(F)F)c1. The monoisotopic (exact) mass is 383 g/mol. The van der Waals surface area contributed by atoms with Gasteiger partial charge in [-0.25, -0.2) is 0 Å². The van der Waals surface area contributed by atoms with Crippen LogP contribution in [-0.2, 0) is 21.0 Å². The fraction of sp³-hybridized carbons (Fsp3) is 0.125. The first-order valence-corrected chi connectivity index (χ1v) is 8.74. The molecule has 3 rings (SSSR count). The van der Waals surface area contributed by atoms with Crippen LogP contribution in [0.25, 0.3) is 0 Å². The van der Waals surface area contributed by atoms with Gasteiger partial charge in [0.15, 0.2) is 0 Å². The molecule has 0 saturated carbocycles. The fourth-order valence-corrected chi connectivity index (χ4v) is 3.46. The number of hydrogen-bond donors (Lipinski definition) is 1. The number of sulfonamides is 1. The van der Waals surface area contributed by atoms with Crippen LogP contribution in [0, 0.1) is 0 Å². The van der Waals surface area contributed by atoms with E-state index in [0.717, 1.165) is 18.5 Å². The average Bonchev–Trinajstić information content (AvgIpc) is 2.57. The molecule has 136 valence electrons. The standard InChI is InChI=1S/C16H12F3N3O3S/c17-16(18,19)11-4-3-5-12(8-11)21-15(23)9-22-10-20-26(24,25)14-7-2-1-6-13(14)22/h1-8,10H,9H2,(H,21,23). The number of amides is 1. The Morgan fingerprint density at radius 3 is 2.58 bits per heavy atom. The predicted octanol–water partition coefficient (Wildman–Crippen LogP) is 2.88. The lowest BCUT2D eigenvalue weighted by Crippen LogP contribution is -2.35. The molecule has 1 amide bonds. The number of fused-ring (bicyclic) bond motifs is 1. The van der Waals surface area contributed by atoms with Crippen LogP contribution in [-0.4, -0.2) is 27.2 Å². The molecule has 1 N–H and O–H groups in total. The van der Waals surface area contributed by atoms with Gasteiger partial charge >= 0.3 is 6.18 Å². The second-order valence-electron chi connectivity index (χ2n) is 5.42. The van der Waals surface area contributed by atoms with Crippen molar-refractivity contribution in [2.75, 3.05) is 16.8 Å². The average molecular weight is 383 g/mol. The van der Waals surface area contributed by atoms with Crippen molar-refractivity contribution in [2.45, 2.75) is 11.1 Å². The second-order valence-corrected chi connectivity index (χ2v) is 7.02. The van der Waals surface area contributed by atoms with Crippen LogP contribution in [0.4, 0.5) is 24.5 Å². The Morgan fingerprint density at radius 1 is 1.12 bits per heavy atom. The molecule has 0 aliphatic carbocycles. The van der Waals surface area contributed by atoms with E-state index in [-0.39, 0.29) is 22.8 Å². The molecule has 0 radical (unpaired) electrons. The molecule has 2 aromatic rings. The minimum atomic E-state index is -4.52. The second kappa shape index (κ2) is 6.45. The number of rotatable bonds is 3. The van der Waals surface area contributed by atoms with E-state index in [0.29, 0.717) is 0 Å². The minimum Gasteiger partial charge on any atom is -0.325 e. The van der Waals surface area contributed by atoms with Crippen molar-refractivity contribution >= 4 is 33.6 Å². The fourth-order valence-electron chi connectivity index (χ4n) is 2.41. The summed E-state index contributed by atoms with van der Waals surface area (Å²) in [4.78, 5) is 13.4. The van der Waals surface area contributed by atoms with E-state index in [1.54, 1.807) is 6.07 Å². The molecule has 0 fully saturated rings. The van der Waals surface area contributed by atoms with Crippen molar-refractivity contribution in [1.82, 2.24) is 0 Å². The smallest absolute Gasteiger partial charge is 0.325 e. The van der Waals surface area contributed by atoms with Gasteiger partial charge < -0.3 is 10.2 Å². The number of benzene rings is 2. The van der Waals surface area contributed by atoms with Crippen molar-refractivity contribution < 1.29 is 26.4 Å². The lowest BCUT2D eigenvalue weighted by Gasteiger charge is -2.24. The number of para-hydroxylation sites is 1. The molecule has 0 atom stereocenters. The van der Waals surface area contributed by atoms with Gasteiger partial charge in [-0.15, -0.1) is 4.40 Å². The number of nitrogens with zero attached hydrogens (tertiary/aromatic N) is 2. The van der Waals surface area contributed by atoms with Gasteiger partial charge in [0.2, 0.25) is 5.91 Å². The van der Waals surface area contributed by atoms with Crippen molar-refractivity contribution in [3.63, 3.8) is 0 Å². The van der Waals surface area contributed by atoms with Crippen molar-refractivity contribution in [3.05, 3.63) is 54.1 Å². The maximum atomic E-state index is 12.7. The topological polar surface area (TPSA) is 78.8 Å². The Hall–Kier alpha value is -2.88. The molecular formula is C16H12F3N3O3S. The molecular weight excluding hydrogens is 371 g/mol. The molecule has 10 heteroatoms. The molecule has 0 aromatic heterocycles. The maximum Gasteiger partial charge on any atom is 0.416 e. The van der Waals surface area contributed by atoms with E-state index in [9.17, 15) is 26.4 Å². The van der Waals surface area contributed by atoms with E-state index in [1.807, 2.05) is 0 Å². The zero-order chi connectivity index (χ0) is 18.9. The zero-order valence-corrected chi connectivity index (χ0v) is 13.9. The molecule has 0 bridgehead atoms. The number of carbonyl (C=O) groups is 1. The highest BCUT2D eigenvalue weighted by Gasteiger charge is 2.30. The third-order valence-corrected chi connectivity index (χ3v) is 4.84. The third-order valence-electron chi connectivity index (χ3n) is 3.57. The van der Waals surface area contributed by atoms with Crippen molar-refractivity contribution in [2.24, 2.45) is 4.40 Å². The highest BCUT2D eigenvalue weighted by atomic mass is 32.2. The highest BCUT2D eigenvalue weighted by Crippen LogP contribution is 2.31. The lowest BCUT2D eigenvalue weighted by atomic mass is 10.2. The largest absolute Gasteiger partial charge is 0.416 e. The van der Waals surface area contributed by atoms with Crippen LogP contribution in [0.5, 0.6) is 0 Å². The summed E-state index contributed by atoms with van der Waals surface area (Å²) in [6.45, 7) is -0.313. The summed E-state index contributed by atoms with van der Waals surface area (Å²) < 4.78 is 65.4. The van der Waals surface area contributed by atoms with Gasteiger partial charge in [-0.1, -0.05) is 18.2 Å². The first kappa shape index (κ1) is 17.9. The number of hydrogen-bond acceptors (Lipinski definition) is 4. The number of halogens is 3. The van der Waals surface area contributed by atoms with Gasteiger partial charge in [0.05, 0.1) is 11.3 Å². The molecule has 0 spiro atoms. The Labute approximate surface area is 147 Å². The summed E-state index contributed by atoms with van der Waals surface area (Å²) in [5, 5.41) is 2.36. The van der Waals surface area contributed by atoms with Crippen LogP contribution in [0.3, 0.4) is 0 Å². The van der Waals surface area contributed by atoms with Gasteiger partial charge in [0.25, 0.3) is 10.0 Å². The quantitative estimate of drug-likeness (QED) is 0.884. The van der Waals surface area contributed by atoms with Crippen molar-refractivity contribution in [3.8, 4) is 0 Å². The Bertz CT molecular complexity index is 987. The van der Waals surface area contributed by atoms with E-state index in [4.69, 9.17) is 0 Å². The lowest BCUT2D eigenvalue weighted by molar-refractivity contribution is -0.137. The minimum absolute atomic E-state index is 0.0142.